The van der Waals surface area contributed by atoms with Gasteiger partial charge in [0.15, 0.2) is 0 Å². The third-order valence-corrected chi connectivity index (χ3v) is 8.14. The van der Waals surface area contributed by atoms with E-state index in [1.54, 1.807) is 32.0 Å². The Hall–Kier alpha value is -2.38. The molecule has 0 aromatic heterocycles. The van der Waals surface area contributed by atoms with Gasteiger partial charge in [0.1, 0.15) is 16.5 Å². The smallest absolute Gasteiger partial charge is 0.338 e. The molecule has 0 heterocycles. The van der Waals surface area contributed by atoms with Crippen LogP contribution in [0.4, 0.5) is 4.39 Å². The highest BCUT2D eigenvalue weighted by Crippen LogP contribution is 2.49. The molecule has 0 aliphatic heterocycles. The van der Waals surface area contributed by atoms with Crippen molar-refractivity contribution in [3.05, 3.63) is 69.8 Å². The lowest BCUT2D eigenvalue weighted by Gasteiger charge is -2.46. The molecule has 0 aliphatic rings. The molecule has 0 saturated carbocycles. The Morgan fingerprint density at radius 2 is 1.50 bits per heavy atom. The molecule has 1 N–H and O–H groups in total. The first-order valence-electron chi connectivity index (χ1n) is 13.9. The fourth-order valence-electron chi connectivity index (χ4n) is 4.84. The molecular weight excluding hydrogens is 527 g/mol. The molecule has 0 fully saturated rings. The number of halogens is 1. The summed E-state index contributed by atoms with van der Waals surface area (Å²) in [6, 6.07) is 10.6. The summed E-state index contributed by atoms with van der Waals surface area (Å²) in [6.07, 6.45) is 0.433. The number of ether oxygens (including phenoxy) is 2. The molecule has 2 aromatic carbocycles. The van der Waals surface area contributed by atoms with Crippen molar-refractivity contribution in [2.45, 2.75) is 104 Å². The molecule has 2 unspecified atom stereocenters. The quantitative estimate of drug-likeness (QED) is 0.217. The highest BCUT2D eigenvalue weighted by molar-refractivity contribution is 7.81. The van der Waals surface area contributed by atoms with E-state index in [2.05, 4.69) is 12.6 Å². The number of esters is 2. The zero-order valence-electron chi connectivity index (χ0n) is 25.8. The zero-order valence-corrected chi connectivity index (χ0v) is 26.7. The minimum Gasteiger partial charge on any atom is -0.465 e. The molecule has 5 nitrogen and oxygen atoms in total. The highest BCUT2D eigenvalue weighted by Gasteiger charge is 2.53. The minimum absolute atomic E-state index is 0.172. The van der Waals surface area contributed by atoms with Crippen LogP contribution in [0.1, 0.15) is 99.5 Å². The molecule has 0 spiro atoms. The number of carbonyl (C=O) groups is 2. The Balaban J connectivity index is 2.69. The van der Waals surface area contributed by atoms with Crippen LogP contribution in [0.2, 0.25) is 0 Å². The largest absolute Gasteiger partial charge is 0.465 e. The summed E-state index contributed by atoms with van der Waals surface area (Å²) in [5.74, 6) is -1.17. The number of benzene rings is 2. The van der Waals surface area contributed by atoms with Crippen LogP contribution in [-0.4, -0.2) is 41.2 Å². The lowest BCUT2D eigenvalue weighted by atomic mass is 9.63. The zero-order chi connectivity index (χ0) is 30.7. The highest BCUT2D eigenvalue weighted by atomic mass is 32.1. The Bertz CT molecular complexity index is 1190. The predicted octanol–water partition coefficient (Wildman–Crippen LogP) is 7.35. The number of aryl methyl sites for hydroxylation is 3. The van der Waals surface area contributed by atoms with E-state index in [0.717, 1.165) is 11.1 Å². The second-order valence-electron chi connectivity index (χ2n) is 13.0. The lowest BCUT2D eigenvalue weighted by molar-refractivity contribution is -0.150. The van der Waals surface area contributed by atoms with E-state index in [-0.39, 0.29) is 25.0 Å². The van der Waals surface area contributed by atoms with Gasteiger partial charge in [0.05, 0.1) is 18.8 Å². The summed E-state index contributed by atoms with van der Waals surface area (Å²) in [5, 5.41) is 11.1. The van der Waals surface area contributed by atoms with E-state index in [9.17, 15) is 14.7 Å². The molecule has 40 heavy (non-hydrogen) atoms. The molecule has 0 aliphatic carbocycles. The van der Waals surface area contributed by atoms with Gasteiger partial charge in [-0.15, -0.1) is 0 Å². The van der Waals surface area contributed by atoms with Gasteiger partial charge in [-0.05, 0) is 75.6 Å². The van der Waals surface area contributed by atoms with Gasteiger partial charge in [-0.1, -0.05) is 76.1 Å². The number of carbonyl (C=O) groups excluding carboxylic acids is 2. The monoisotopic (exact) mass is 574 g/mol. The van der Waals surface area contributed by atoms with Crippen LogP contribution in [-0.2, 0) is 25.3 Å². The average molecular weight is 575 g/mol. The van der Waals surface area contributed by atoms with Crippen molar-refractivity contribution >= 4 is 24.6 Å². The standard InChI is InChI=1S/C33H47FO5S/c1-11-14-38-29(36)27(40)33(37,19-32(10,31(8,9)34)25-16-21(2)15-22(3)17-25)24-12-13-26(23(4)18-24)28(35)39-20-30(5,6)7/h12-13,15-18,27,37,40H,11,14,19-20H2,1-10H3/t27?,32-,33?/m0/s1. The summed E-state index contributed by atoms with van der Waals surface area (Å²) in [7, 11) is 0. The van der Waals surface area contributed by atoms with E-state index in [1.807, 2.05) is 59.7 Å². The molecule has 7 heteroatoms. The first-order valence-corrected chi connectivity index (χ1v) is 14.4. The van der Waals surface area contributed by atoms with E-state index < -0.39 is 33.9 Å². The van der Waals surface area contributed by atoms with Crippen LogP contribution < -0.4 is 0 Å². The van der Waals surface area contributed by atoms with Crippen LogP contribution in [0.5, 0.6) is 0 Å². The fraction of sp³-hybridized carbons (Fsp3) is 0.576. The minimum atomic E-state index is -1.94. The maximum absolute atomic E-state index is 16.2. The third-order valence-electron chi connectivity index (χ3n) is 7.50. The Labute approximate surface area is 245 Å². The molecule has 2 aromatic rings. The van der Waals surface area contributed by atoms with Gasteiger partial charge >= 0.3 is 11.9 Å². The molecule has 0 radical (unpaired) electrons. The van der Waals surface area contributed by atoms with E-state index >= 15 is 4.39 Å². The SMILES string of the molecule is CCCOC(=O)C(S)C(O)(C[C@@](C)(c1cc(C)cc(C)c1)C(C)(C)F)c1ccc(C(=O)OCC(C)(C)C)c(C)c1. The van der Waals surface area contributed by atoms with Crippen molar-refractivity contribution in [2.75, 3.05) is 13.2 Å². The summed E-state index contributed by atoms with van der Waals surface area (Å²) in [6.45, 7) is 18.6. The second kappa shape index (κ2) is 12.6. The molecule has 0 bridgehead atoms. The van der Waals surface area contributed by atoms with Gasteiger partial charge in [-0.25, -0.2) is 9.18 Å². The number of thiol groups is 1. The first-order chi connectivity index (χ1) is 18.2. The third kappa shape index (κ3) is 7.88. The number of rotatable bonds is 11. The van der Waals surface area contributed by atoms with Crippen molar-refractivity contribution in [1.82, 2.24) is 0 Å². The van der Waals surface area contributed by atoms with E-state index in [4.69, 9.17) is 9.47 Å². The predicted molar refractivity (Wildman–Crippen MR) is 162 cm³/mol. The van der Waals surface area contributed by atoms with Crippen LogP contribution >= 0.6 is 12.6 Å². The molecule has 0 saturated heterocycles. The van der Waals surface area contributed by atoms with Gasteiger partial charge < -0.3 is 14.6 Å². The van der Waals surface area contributed by atoms with Gasteiger partial charge in [-0.2, -0.15) is 12.6 Å². The van der Waals surface area contributed by atoms with Gasteiger partial charge in [0, 0.05) is 5.41 Å². The van der Waals surface area contributed by atoms with Crippen molar-refractivity contribution < 1.29 is 28.6 Å². The van der Waals surface area contributed by atoms with Crippen LogP contribution in [0.15, 0.2) is 36.4 Å². The number of hydrogen-bond donors (Lipinski definition) is 2. The first kappa shape index (κ1) is 33.8. The van der Waals surface area contributed by atoms with Gasteiger partial charge in [0.25, 0.3) is 0 Å². The fourth-order valence-corrected chi connectivity index (χ4v) is 5.16. The number of hydrogen-bond acceptors (Lipinski definition) is 6. The summed E-state index contributed by atoms with van der Waals surface area (Å²) < 4.78 is 27.1. The van der Waals surface area contributed by atoms with Crippen LogP contribution in [0, 0.1) is 26.2 Å². The Morgan fingerprint density at radius 3 is 1.98 bits per heavy atom. The summed E-state index contributed by atoms with van der Waals surface area (Å²) >= 11 is 4.58. The van der Waals surface area contributed by atoms with Crippen molar-refractivity contribution in [1.29, 1.82) is 0 Å². The summed E-state index contributed by atoms with van der Waals surface area (Å²) in [5.41, 5.74) is -1.28. The normalized spacial score (nSPS) is 16.0. The molecular formula is C33H47FO5S. The van der Waals surface area contributed by atoms with Crippen molar-refractivity contribution in [3.63, 3.8) is 0 Å². The van der Waals surface area contributed by atoms with Gasteiger partial charge in [-0.3, -0.25) is 4.79 Å². The summed E-state index contributed by atoms with van der Waals surface area (Å²) in [4.78, 5) is 25.9. The molecule has 222 valence electrons. The molecule has 0 amide bonds. The van der Waals surface area contributed by atoms with Gasteiger partial charge in [0.2, 0.25) is 0 Å². The number of alkyl halides is 1. The van der Waals surface area contributed by atoms with Crippen molar-refractivity contribution in [2.24, 2.45) is 5.41 Å². The topological polar surface area (TPSA) is 72.8 Å². The maximum Gasteiger partial charge on any atom is 0.338 e. The van der Waals surface area contributed by atoms with Crippen LogP contribution in [0.3, 0.4) is 0 Å². The Kier molecular flexibility index (Phi) is 10.7. The maximum atomic E-state index is 16.2. The number of aliphatic hydroxyl groups is 1. The molecule has 2 rings (SSSR count). The average Bonchev–Trinajstić information content (AvgIpc) is 2.83. The van der Waals surface area contributed by atoms with Crippen molar-refractivity contribution in [3.8, 4) is 0 Å². The Morgan fingerprint density at radius 1 is 0.925 bits per heavy atom. The van der Waals surface area contributed by atoms with E-state index in [0.29, 0.717) is 28.7 Å². The van der Waals surface area contributed by atoms with Crippen LogP contribution in [0.25, 0.3) is 0 Å². The second-order valence-corrected chi connectivity index (χ2v) is 13.5. The van der Waals surface area contributed by atoms with E-state index in [1.165, 1.54) is 13.8 Å². The molecule has 3 atom stereocenters. The lowest BCUT2D eigenvalue weighted by Crippen LogP contribution is -2.52.